The number of aliphatic imine (C=N–C) groups is 1. The van der Waals surface area contributed by atoms with Gasteiger partial charge in [0.2, 0.25) is 0 Å². The summed E-state index contributed by atoms with van der Waals surface area (Å²) in [5, 5.41) is 0. The quantitative estimate of drug-likeness (QED) is 0.517. The van der Waals surface area contributed by atoms with Crippen LogP contribution in [0.4, 0.5) is 0 Å². The Labute approximate surface area is 60.4 Å². The van der Waals surface area contributed by atoms with E-state index in [4.69, 9.17) is 11.8 Å². The molecule has 0 aromatic heterocycles. The molecule has 1 aliphatic heterocycles. The van der Waals surface area contributed by atoms with Crippen LogP contribution in [0.1, 0.15) is 25.7 Å². The van der Waals surface area contributed by atoms with Gasteiger partial charge in [0.1, 0.15) is 5.84 Å². The monoisotopic (exact) mass is 146 g/mol. The Bertz CT molecular complexity index is 112. The highest BCUT2D eigenvalue weighted by atomic mass is 35.5. The van der Waals surface area contributed by atoms with Crippen LogP contribution in [0.5, 0.6) is 0 Å². The minimum atomic E-state index is 0.940. The summed E-state index contributed by atoms with van der Waals surface area (Å²) in [5.74, 6) is 0.953. The van der Waals surface area contributed by atoms with E-state index in [1.807, 2.05) is 0 Å². The number of nitrogens with one attached hydrogen (secondary N) is 1. The first-order valence-corrected chi connectivity index (χ1v) is 3.71. The highest BCUT2D eigenvalue weighted by Gasteiger charge is 2.00. The van der Waals surface area contributed by atoms with Crippen LogP contribution in [0.3, 0.4) is 0 Å². The van der Waals surface area contributed by atoms with Crippen LogP contribution in [0, 0.1) is 0 Å². The third kappa shape index (κ3) is 2.22. The highest BCUT2D eigenvalue weighted by molar-refractivity contribution is 6.22. The Kier molecular flexibility index (Phi) is 2.84. The molecule has 1 aliphatic rings. The zero-order valence-corrected chi connectivity index (χ0v) is 6.12. The zero-order valence-electron chi connectivity index (χ0n) is 5.36. The molecule has 0 aliphatic carbocycles. The molecular formula is C6H11ClN2. The lowest BCUT2D eigenvalue weighted by Crippen LogP contribution is -2.11. The van der Waals surface area contributed by atoms with Gasteiger partial charge in [0.05, 0.1) is 0 Å². The van der Waals surface area contributed by atoms with Gasteiger partial charge >= 0.3 is 0 Å². The van der Waals surface area contributed by atoms with Crippen LogP contribution < -0.4 is 4.84 Å². The maximum atomic E-state index is 5.37. The first-order chi connectivity index (χ1) is 4.43. The second-order valence-electron chi connectivity index (χ2n) is 2.23. The molecule has 0 amide bonds. The summed E-state index contributed by atoms with van der Waals surface area (Å²) < 4.78 is 0. The predicted molar refractivity (Wildman–Crippen MR) is 39.8 cm³/mol. The van der Waals surface area contributed by atoms with Gasteiger partial charge in [-0.15, -0.1) is 0 Å². The Balaban J connectivity index is 2.37. The Morgan fingerprint density at radius 3 is 3.00 bits per heavy atom. The number of halogens is 1. The number of nitrogens with zero attached hydrogens (tertiary/aromatic N) is 1. The molecule has 1 rings (SSSR count). The summed E-state index contributed by atoms with van der Waals surface area (Å²) in [6.45, 7) is 0.940. The number of hydrogen-bond acceptors (Lipinski definition) is 2. The van der Waals surface area contributed by atoms with E-state index < -0.39 is 0 Å². The van der Waals surface area contributed by atoms with Gasteiger partial charge < -0.3 is 0 Å². The van der Waals surface area contributed by atoms with E-state index in [1.165, 1.54) is 19.3 Å². The van der Waals surface area contributed by atoms with Gasteiger partial charge in [0, 0.05) is 24.7 Å². The van der Waals surface area contributed by atoms with Gasteiger partial charge in [-0.05, 0) is 12.8 Å². The van der Waals surface area contributed by atoms with Crippen molar-refractivity contribution in [2.24, 2.45) is 4.99 Å². The van der Waals surface area contributed by atoms with E-state index in [1.54, 1.807) is 0 Å². The van der Waals surface area contributed by atoms with Gasteiger partial charge in [-0.1, -0.05) is 6.42 Å². The average Bonchev–Trinajstić information content (AvgIpc) is 2.13. The topological polar surface area (TPSA) is 24.4 Å². The molecule has 2 nitrogen and oxygen atoms in total. The summed E-state index contributed by atoms with van der Waals surface area (Å²) >= 11 is 5.37. The maximum Gasteiger partial charge on any atom is 0.111 e. The molecule has 0 unspecified atom stereocenters. The van der Waals surface area contributed by atoms with Gasteiger partial charge in [-0.25, -0.2) is 0 Å². The van der Waals surface area contributed by atoms with Crippen molar-refractivity contribution in [2.75, 3.05) is 6.54 Å². The number of amidine groups is 1. The van der Waals surface area contributed by atoms with Gasteiger partial charge in [0.25, 0.3) is 0 Å². The molecule has 0 radical (unpaired) electrons. The van der Waals surface area contributed by atoms with Crippen molar-refractivity contribution in [1.82, 2.24) is 4.84 Å². The van der Waals surface area contributed by atoms with Crippen molar-refractivity contribution in [2.45, 2.75) is 25.7 Å². The predicted octanol–water partition coefficient (Wildman–Crippen LogP) is 1.70. The van der Waals surface area contributed by atoms with E-state index >= 15 is 0 Å². The van der Waals surface area contributed by atoms with Crippen LogP contribution in [0.2, 0.25) is 0 Å². The fourth-order valence-electron chi connectivity index (χ4n) is 0.951. The fourth-order valence-corrected chi connectivity index (χ4v) is 1.11. The lowest BCUT2D eigenvalue weighted by atomic mass is 10.2. The van der Waals surface area contributed by atoms with E-state index in [9.17, 15) is 0 Å². The molecule has 0 saturated carbocycles. The molecule has 0 aromatic rings. The van der Waals surface area contributed by atoms with Crippen LogP contribution in [-0.4, -0.2) is 12.4 Å². The second kappa shape index (κ2) is 3.72. The molecule has 9 heavy (non-hydrogen) atoms. The van der Waals surface area contributed by atoms with E-state index in [-0.39, 0.29) is 0 Å². The van der Waals surface area contributed by atoms with Crippen molar-refractivity contribution in [1.29, 1.82) is 0 Å². The van der Waals surface area contributed by atoms with E-state index in [0.717, 1.165) is 18.8 Å². The zero-order chi connectivity index (χ0) is 6.53. The molecule has 0 saturated heterocycles. The lowest BCUT2D eigenvalue weighted by molar-refractivity contribution is 0.730. The number of hydrogen-bond donors (Lipinski definition) is 1. The summed E-state index contributed by atoms with van der Waals surface area (Å²) in [7, 11) is 0. The maximum absolute atomic E-state index is 5.37. The van der Waals surface area contributed by atoms with Crippen molar-refractivity contribution in [3.8, 4) is 0 Å². The molecule has 1 N–H and O–H groups in total. The van der Waals surface area contributed by atoms with Crippen LogP contribution >= 0.6 is 11.8 Å². The van der Waals surface area contributed by atoms with Crippen LogP contribution in [-0.2, 0) is 0 Å². The summed E-state index contributed by atoms with van der Waals surface area (Å²) in [6, 6.07) is 0. The van der Waals surface area contributed by atoms with Crippen molar-refractivity contribution in [3.05, 3.63) is 0 Å². The molecule has 0 spiro atoms. The van der Waals surface area contributed by atoms with Crippen molar-refractivity contribution >= 4 is 17.6 Å². The van der Waals surface area contributed by atoms with E-state index in [2.05, 4.69) is 9.83 Å². The SMILES string of the molecule is ClNC1=NCCCCC1. The minimum Gasteiger partial charge on any atom is -0.286 e. The van der Waals surface area contributed by atoms with Gasteiger partial charge in [0.15, 0.2) is 0 Å². The summed E-state index contributed by atoms with van der Waals surface area (Å²) in [6.07, 6.45) is 4.73. The first kappa shape index (κ1) is 6.87. The number of rotatable bonds is 0. The molecule has 0 fully saturated rings. The third-order valence-electron chi connectivity index (χ3n) is 1.48. The average molecular weight is 147 g/mol. The Morgan fingerprint density at radius 1 is 1.33 bits per heavy atom. The molecule has 3 heteroatoms. The van der Waals surface area contributed by atoms with Crippen molar-refractivity contribution < 1.29 is 0 Å². The molecule has 0 aromatic carbocycles. The molecule has 0 atom stereocenters. The summed E-state index contributed by atoms with van der Waals surface area (Å²) in [4.78, 5) is 6.78. The smallest absolute Gasteiger partial charge is 0.111 e. The van der Waals surface area contributed by atoms with Crippen LogP contribution in [0.25, 0.3) is 0 Å². The second-order valence-corrected chi connectivity index (χ2v) is 2.42. The van der Waals surface area contributed by atoms with Crippen LogP contribution in [0.15, 0.2) is 4.99 Å². The van der Waals surface area contributed by atoms with E-state index in [0.29, 0.717) is 0 Å². The molecule has 1 heterocycles. The Hall–Kier alpha value is -0.240. The first-order valence-electron chi connectivity index (χ1n) is 3.33. The highest BCUT2D eigenvalue weighted by Crippen LogP contribution is 2.05. The van der Waals surface area contributed by atoms with Gasteiger partial charge in [-0.2, -0.15) is 0 Å². The standard InChI is InChI=1S/C6H11ClN2/c7-9-6-4-2-1-3-5-8-6/h1-5H2,(H,8,9). The normalized spacial score (nSPS) is 20.3. The fraction of sp³-hybridized carbons (Fsp3) is 0.833. The molecule has 0 bridgehead atoms. The van der Waals surface area contributed by atoms with Gasteiger partial charge in [-0.3, -0.25) is 9.83 Å². The third-order valence-corrected chi connectivity index (χ3v) is 1.70. The summed E-state index contributed by atoms with van der Waals surface area (Å²) in [5.41, 5.74) is 0. The molecule has 52 valence electrons. The lowest BCUT2D eigenvalue weighted by Gasteiger charge is -1.96. The minimum absolute atomic E-state index is 0.940. The van der Waals surface area contributed by atoms with Crippen molar-refractivity contribution in [3.63, 3.8) is 0 Å². The molecular weight excluding hydrogens is 136 g/mol. The Morgan fingerprint density at radius 2 is 2.22 bits per heavy atom. The largest absolute Gasteiger partial charge is 0.286 e.